The van der Waals surface area contributed by atoms with E-state index < -0.39 is 0 Å². The van der Waals surface area contributed by atoms with Gasteiger partial charge in [0.2, 0.25) is 5.13 Å². The Morgan fingerprint density at radius 1 is 1.26 bits per heavy atom. The molecule has 0 bridgehead atoms. The predicted molar refractivity (Wildman–Crippen MR) is 93.6 cm³/mol. The molecule has 6 nitrogen and oxygen atoms in total. The Labute approximate surface area is 143 Å². The fourth-order valence-corrected chi connectivity index (χ4v) is 3.98. The smallest absolute Gasteiger partial charge is 0.210 e. The van der Waals surface area contributed by atoms with Gasteiger partial charge in [-0.15, -0.1) is 10.2 Å². The van der Waals surface area contributed by atoms with Crippen molar-refractivity contribution in [2.45, 2.75) is 10.4 Å². The summed E-state index contributed by atoms with van der Waals surface area (Å²) in [6.45, 7) is 3.98. The number of ether oxygens (including phenoxy) is 1. The third-order valence-electron chi connectivity index (χ3n) is 3.40. The SMILES string of the molecule is O[C@@H](CSc1nnc(Nc2ccccc2)s1)CN1CCOCC1. The van der Waals surface area contributed by atoms with Crippen LogP contribution in [-0.4, -0.2) is 64.9 Å². The number of anilines is 2. The van der Waals surface area contributed by atoms with E-state index in [0.29, 0.717) is 12.3 Å². The Bertz CT molecular complexity index is 590. The predicted octanol–water partition coefficient (Wildman–Crippen LogP) is 2.07. The Morgan fingerprint density at radius 3 is 2.83 bits per heavy atom. The van der Waals surface area contributed by atoms with Crippen LogP contribution >= 0.6 is 23.1 Å². The van der Waals surface area contributed by atoms with E-state index in [2.05, 4.69) is 20.4 Å². The van der Waals surface area contributed by atoms with E-state index in [4.69, 9.17) is 4.74 Å². The lowest BCUT2D eigenvalue weighted by atomic mass is 10.3. The van der Waals surface area contributed by atoms with Crippen LogP contribution in [0.25, 0.3) is 0 Å². The average molecular weight is 352 g/mol. The van der Waals surface area contributed by atoms with Gasteiger partial charge in [0.15, 0.2) is 4.34 Å². The fraction of sp³-hybridized carbons (Fsp3) is 0.467. The van der Waals surface area contributed by atoms with Crippen LogP contribution in [0.1, 0.15) is 0 Å². The Hall–Kier alpha value is -1.19. The Morgan fingerprint density at radius 2 is 2.04 bits per heavy atom. The summed E-state index contributed by atoms with van der Waals surface area (Å²) in [5.41, 5.74) is 0.993. The van der Waals surface area contributed by atoms with Crippen molar-refractivity contribution in [2.75, 3.05) is 43.9 Å². The zero-order valence-electron chi connectivity index (χ0n) is 12.7. The number of rotatable bonds is 7. The molecule has 0 saturated carbocycles. The summed E-state index contributed by atoms with van der Waals surface area (Å²) in [5.74, 6) is 0.622. The van der Waals surface area contributed by atoms with Crippen molar-refractivity contribution in [3.05, 3.63) is 30.3 Å². The molecule has 3 rings (SSSR count). The van der Waals surface area contributed by atoms with E-state index in [1.54, 1.807) is 11.8 Å². The van der Waals surface area contributed by atoms with E-state index in [-0.39, 0.29) is 6.10 Å². The number of aromatic nitrogens is 2. The molecule has 124 valence electrons. The molecule has 0 amide bonds. The quantitative estimate of drug-likeness (QED) is 0.739. The van der Waals surface area contributed by atoms with E-state index >= 15 is 0 Å². The largest absolute Gasteiger partial charge is 0.391 e. The molecule has 1 aliphatic heterocycles. The van der Waals surface area contributed by atoms with Crippen molar-refractivity contribution in [1.82, 2.24) is 15.1 Å². The van der Waals surface area contributed by atoms with E-state index in [1.807, 2.05) is 30.3 Å². The van der Waals surface area contributed by atoms with Crippen molar-refractivity contribution in [2.24, 2.45) is 0 Å². The minimum atomic E-state index is -0.368. The second-order valence-corrected chi connectivity index (χ2v) is 7.49. The maximum absolute atomic E-state index is 10.1. The molecule has 0 unspecified atom stereocenters. The van der Waals surface area contributed by atoms with Gasteiger partial charge in [-0.05, 0) is 12.1 Å². The fourth-order valence-electron chi connectivity index (χ4n) is 2.27. The first-order valence-corrected chi connectivity index (χ1v) is 9.36. The number of nitrogens with zero attached hydrogens (tertiary/aromatic N) is 3. The van der Waals surface area contributed by atoms with Crippen LogP contribution in [0.4, 0.5) is 10.8 Å². The molecule has 0 spiro atoms. The number of aliphatic hydroxyl groups is 1. The van der Waals surface area contributed by atoms with Gasteiger partial charge >= 0.3 is 0 Å². The molecule has 0 aliphatic carbocycles. The molecule has 0 radical (unpaired) electrons. The maximum Gasteiger partial charge on any atom is 0.210 e. The third-order valence-corrected chi connectivity index (χ3v) is 5.52. The summed E-state index contributed by atoms with van der Waals surface area (Å²) < 4.78 is 6.18. The zero-order chi connectivity index (χ0) is 15.9. The highest BCUT2D eigenvalue weighted by Gasteiger charge is 2.16. The van der Waals surface area contributed by atoms with Gasteiger partial charge in [0.05, 0.1) is 19.3 Å². The van der Waals surface area contributed by atoms with Crippen LogP contribution in [0.15, 0.2) is 34.7 Å². The number of morpholine rings is 1. The van der Waals surface area contributed by atoms with Gasteiger partial charge in [0.25, 0.3) is 0 Å². The van der Waals surface area contributed by atoms with Crippen LogP contribution in [0.2, 0.25) is 0 Å². The number of hydrogen-bond acceptors (Lipinski definition) is 8. The monoisotopic (exact) mass is 352 g/mol. The third kappa shape index (κ3) is 5.43. The van der Waals surface area contributed by atoms with E-state index in [1.165, 1.54) is 11.3 Å². The number of aliphatic hydroxyl groups excluding tert-OH is 1. The number of para-hydroxylation sites is 1. The van der Waals surface area contributed by atoms with Crippen LogP contribution in [-0.2, 0) is 4.74 Å². The van der Waals surface area contributed by atoms with Crippen molar-refractivity contribution in [1.29, 1.82) is 0 Å². The molecular formula is C15H20N4O2S2. The maximum atomic E-state index is 10.1. The average Bonchev–Trinajstić information content (AvgIpc) is 3.02. The first kappa shape index (κ1) is 16.7. The molecule has 8 heteroatoms. The highest BCUT2D eigenvalue weighted by Crippen LogP contribution is 2.28. The van der Waals surface area contributed by atoms with Gasteiger partial charge in [-0.3, -0.25) is 4.90 Å². The van der Waals surface area contributed by atoms with Crippen LogP contribution in [0.3, 0.4) is 0 Å². The molecule has 1 aromatic heterocycles. The van der Waals surface area contributed by atoms with Crippen LogP contribution in [0.5, 0.6) is 0 Å². The van der Waals surface area contributed by atoms with Crippen molar-refractivity contribution < 1.29 is 9.84 Å². The first-order valence-electron chi connectivity index (χ1n) is 7.56. The number of nitrogens with one attached hydrogen (secondary N) is 1. The van der Waals surface area contributed by atoms with Gasteiger partial charge in [-0.2, -0.15) is 0 Å². The summed E-state index contributed by atoms with van der Waals surface area (Å²) in [6, 6.07) is 9.89. The van der Waals surface area contributed by atoms with Gasteiger partial charge < -0.3 is 15.2 Å². The molecule has 1 saturated heterocycles. The van der Waals surface area contributed by atoms with E-state index in [9.17, 15) is 5.11 Å². The number of thioether (sulfide) groups is 1. The lowest BCUT2D eigenvalue weighted by Gasteiger charge is -2.28. The molecule has 2 heterocycles. The lowest BCUT2D eigenvalue weighted by Crippen LogP contribution is -2.41. The Balaban J connectivity index is 1.43. The van der Waals surface area contributed by atoms with Gasteiger partial charge in [-0.1, -0.05) is 41.3 Å². The zero-order valence-corrected chi connectivity index (χ0v) is 14.4. The topological polar surface area (TPSA) is 70.5 Å². The molecule has 1 aromatic carbocycles. The first-order chi connectivity index (χ1) is 11.3. The minimum absolute atomic E-state index is 0.368. The Kier molecular flexibility index (Phi) is 6.23. The van der Waals surface area contributed by atoms with Crippen LogP contribution in [0, 0.1) is 0 Å². The van der Waals surface area contributed by atoms with E-state index in [0.717, 1.165) is 41.5 Å². The molecular weight excluding hydrogens is 332 g/mol. The minimum Gasteiger partial charge on any atom is -0.391 e. The highest BCUT2D eigenvalue weighted by atomic mass is 32.2. The molecule has 1 aliphatic rings. The second-order valence-electron chi connectivity index (χ2n) is 5.24. The number of hydrogen-bond donors (Lipinski definition) is 2. The molecule has 23 heavy (non-hydrogen) atoms. The molecule has 1 fully saturated rings. The van der Waals surface area contributed by atoms with Crippen molar-refractivity contribution in [3.8, 4) is 0 Å². The van der Waals surface area contributed by atoms with Crippen molar-refractivity contribution in [3.63, 3.8) is 0 Å². The lowest BCUT2D eigenvalue weighted by molar-refractivity contribution is 0.0188. The van der Waals surface area contributed by atoms with Crippen molar-refractivity contribution >= 4 is 33.9 Å². The summed E-state index contributed by atoms with van der Waals surface area (Å²) in [5, 5.41) is 22.4. The van der Waals surface area contributed by atoms with Crippen LogP contribution < -0.4 is 5.32 Å². The molecule has 2 N–H and O–H groups in total. The highest BCUT2D eigenvalue weighted by molar-refractivity contribution is 8.01. The number of β-amino-alcohol motifs (C(OH)–C–C–N with tert-alkyl or cyclic N) is 1. The molecule has 1 atom stereocenters. The second kappa shape index (κ2) is 8.60. The summed E-state index contributed by atoms with van der Waals surface area (Å²) in [6.07, 6.45) is -0.368. The van der Waals surface area contributed by atoms with Gasteiger partial charge in [0, 0.05) is 31.1 Å². The molecule has 2 aromatic rings. The summed E-state index contributed by atoms with van der Waals surface area (Å²) in [7, 11) is 0. The van der Waals surface area contributed by atoms with Gasteiger partial charge in [-0.25, -0.2) is 0 Å². The number of benzene rings is 1. The summed E-state index contributed by atoms with van der Waals surface area (Å²) in [4.78, 5) is 2.23. The summed E-state index contributed by atoms with van der Waals surface area (Å²) >= 11 is 3.05. The normalized spacial score (nSPS) is 17.1. The standard InChI is InChI=1S/C15H20N4O2S2/c20-13(10-19-6-8-21-9-7-19)11-22-15-18-17-14(23-15)16-12-4-2-1-3-5-12/h1-5,13,20H,6-11H2,(H,16,17)/t13-/m1/s1. The van der Waals surface area contributed by atoms with Gasteiger partial charge in [0.1, 0.15) is 0 Å².